The second kappa shape index (κ2) is 6.59. The average Bonchev–Trinajstić information content (AvgIpc) is 3.08. The standard InChI is InChI=1S/C19H18N4O3/c1-22-17-16(20-9-10-21-17)18(24)23(19(22)25)11-5-4-7-14-12-13-6-2-3-8-15(13)26-14/h2-3,6,8-10,12H,4-5,7,11H2,1H3. The molecule has 4 aromatic rings. The molecule has 0 aliphatic heterocycles. The summed E-state index contributed by atoms with van der Waals surface area (Å²) >= 11 is 0. The van der Waals surface area contributed by atoms with Crippen molar-refractivity contribution in [2.45, 2.75) is 25.8 Å². The maximum atomic E-state index is 12.5. The van der Waals surface area contributed by atoms with Crippen LogP contribution in [0.3, 0.4) is 0 Å². The number of benzene rings is 1. The highest BCUT2D eigenvalue weighted by Gasteiger charge is 2.12. The topological polar surface area (TPSA) is 82.9 Å². The van der Waals surface area contributed by atoms with Gasteiger partial charge in [0.1, 0.15) is 11.3 Å². The van der Waals surface area contributed by atoms with Crippen LogP contribution in [0.25, 0.3) is 22.1 Å². The highest BCUT2D eigenvalue weighted by molar-refractivity contribution is 5.77. The quantitative estimate of drug-likeness (QED) is 0.516. The Bertz CT molecular complexity index is 1170. The van der Waals surface area contributed by atoms with Gasteiger partial charge in [0, 0.05) is 37.8 Å². The van der Waals surface area contributed by atoms with Crippen molar-refractivity contribution in [2.75, 3.05) is 0 Å². The lowest BCUT2D eigenvalue weighted by atomic mass is 10.2. The maximum absolute atomic E-state index is 12.5. The number of fused-ring (bicyclic) bond motifs is 2. The predicted molar refractivity (Wildman–Crippen MR) is 98.2 cm³/mol. The smallest absolute Gasteiger partial charge is 0.332 e. The van der Waals surface area contributed by atoms with Crippen LogP contribution in [0, 0.1) is 0 Å². The molecule has 26 heavy (non-hydrogen) atoms. The van der Waals surface area contributed by atoms with E-state index in [4.69, 9.17) is 4.42 Å². The van der Waals surface area contributed by atoms with E-state index in [1.165, 1.54) is 21.5 Å². The molecular weight excluding hydrogens is 332 g/mol. The third kappa shape index (κ3) is 2.81. The summed E-state index contributed by atoms with van der Waals surface area (Å²) < 4.78 is 8.39. The molecule has 0 N–H and O–H groups in total. The second-order valence-electron chi connectivity index (χ2n) is 6.23. The first kappa shape index (κ1) is 16.3. The number of aryl methyl sites for hydroxylation is 2. The van der Waals surface area contributed by atoms with Gasteiger partial charge in [0.2, 0.25) is 0 Å². The van der Waals surface area contributed by atoms with Gasteiger partial charge in [-0.15, -0.1) is 0 Å². The van der Waals surface area contributed by atoms with Crippen LogP contribution in [0.4, 0.5) is 0 Å². The number of rotatable bonds is 5. The molecule has 132 valence electrons. The van der Waals surface area contributed by atoms with Crippen molar-refractivity contribution >= 4 is 22.1 Å². The molecule has 0 saturated carbocycles. The van der Waals surface area contributed by atoms with Crippen molar-refractivity contribution < 1.29 is 4.42 Å². The zero-order chi connectivity index (χ0) is 18.1. The minimum absolute atomic E-state index is 0.215. The largest absolute Gasteiger partial charge is 0.461 e. The third-order valence-electron chi connectivity index (χ3n) is 4.49. The molecule has 0 aliphatic rings. The highest BCUT2D eigenvalue weighted by atomic mass is 16.3. The van der Waals surface area contributed by atoms with Gasteiger partial charge in [-0.25, -0.2) is 14.8 Å². The highest BCUT2D eigenvalue weighted by Crippen LogP contribution is 2.20. The first-order valence-electron chi connectivity index (χ1n) is 8.53. The lowest BCUT2D eigenvalue weighted by molar-refractivity contribution is 0.507. The monoisotopic (exact) mass is 350 g/mol. The number of unbranched alkanes of at least 4 members (excludes halogenated alkanes) is 1. The number of hydrogen-bond donors (Lipinski definition) is 0. The first-order valence-corrected chi connectivity index (χ1v) is 8.53. The van der Waals surface area contributed by atoms with Gasteiger partial charge in [0.05, 0.1) is 0 Å². The number of hydrogen-bond acceptors (Lipinski definition) is 5. The molecule has 3 heterocycles. The molecule has 1 aromatic carbocycles. The number of nitrogens with zero attached hydrogens (tertiary/aromatic N) is 4. The molecule has 0 radical (unpaired) electrons. The lowest BCUT2D eigenvalue weighted by Gasteiger charge is -2.08. The van der Waals surface area contributed by atoms with E-state index in [1.54, 1.807) is 7.05 Å². The second-order valence-corrected chi connectivity index (χ2v) is 6.23. The Morgan fingerprint density at radius 3 is 2.73 bits per heavy atom. The van der Waals surface area contributed by atoms with E-state index in [0.717, 1.165) is 29.6 Å². The zero-order valence-corrected chi connectivity index (χ0v) is 14.4. The SMILES string of the molecule is Cn1c(=O)n(CCCCc2cc3ccccc3o2)c(=O)c2nccnc21. The van der Waals surface area contributed by atoms with Gasteiger partial charge in [-0.1, -0.05) is 18.2 Å². The summed E-state index contributed by atoms with van der Waals surface area (Å²) in [7, 11) is 1.60. The number of aromatic nitrogens is 4. The Balaban J connectivity index is 1.49. The van der Waals surface area contributed by atoms with E-state index in [2.05, 4.69) is 9.97 Å². The summed E-state index contributed by atoms with van der Waals surface area (Å²) in [5, 5.41) is 1.08. The van der Waals surface area contributed by atoms with Gasteiger partial charge in [-0.05, 0) is 25.0 Å². The van der Waals surface area contributed by atoms with Crippen LogP contribution < -0.4 is 11.2 Å². The third-order valence-corrected chi connectivity index (χ3v) is 4.49. The van der Waals surface area contributed by atoms with Gasteiger partial charge >= 0.3 is 5.69 Å². The lowest BCUT2D eigenvalue weighted by Crippen LogP contribution is -2.39. The van der Waals surface area contributed by atoms with Crippen LogP contribution in [0.15, 0.2) is 56.7 Å². The summed E-state index contributed by atoms with van der Waals surface area (Å²) in [6, 6.07) is 9.92. The van der Waals surface area contributed by atoms with Gasteiger partial charge in [-0.3, -0.25) is 13.9 Å². The summed E-state index contributed by atoms with van der Waals surface area (Å²) in [6.07, 6.45) is 5.20. The molecule has 0 saturated heterocycles. The summed E-state index contributed by atoms with van der Waals surface area (Å²) in [6.45, 7) is 0.345. The fourth-order valence-electron chi connectivity index (χ4n) is 3.14. The average molecular weight is 350 g/mol. The van der Waals surface area contributed by atoms with Crippen molar-refractivity contribution in [3.05, 3.63) is 69.3 Å². The van der Waals surface area contributed by atoms with Gasteiger partial charge in [0.15, 0.2) is 11.2 Å². The number of para-hydroxylation sites is 1. The van der Waals surface area contributed by atoms with E-state index in [1.807, 2.05) is 30.3 Å². The van der Waals surface area contributed by atoms with Crippen LogP contribution in [0.1, 0.15) is 18.6 Å². The van der Waals surface area contributed by atoms with E-state index >= 15 is 0 Å². The van der Waals surface area contributed by atoms with E-state index in [0.29, 0.717) is 18.6 Å². The molecule has 3 aromatic heterocycles. The Hall–Kier alpha value is -3.22. The molecular formula is C19H18N4O3. The van der Waals surface area contributed by atoms with Crippen LogP contribution in [-0.4, -0.2) is 19.1 Å². The summed E-state index contributed by atoms with van der Waals surface area (Å²) in [5.74, 6) is 0.913. The normalized spacial score (nSPS) is 11.4. The van der Waals surface area contributed by atoms with Crippen LogP contribution in [0.5, 0.6) is 0 Å². The minimum atomic E-state index is -0.389. The predicted octanol–water partition coefficient (Wildman–Crippen LogP) is 2.26. The van der Waals surface area contributed by atoms with Gasteiger partial charge in [0.25, 0.3) is 5.56 Å². The van der Waals surface area contributed by atoms with E-state index in [9.17, 15) is 9.59 Å². The van der Waals surface area contributed by atoms with E-state index < -0.39 is 0 Å². The van der Waals surface area contributed by atoms with Crippen molar-refractivity contribution in [2.24, 2.45) is 7.05 Å². The Morgan fingerprint density at radius 2 is 1.88 bits per heavy atom. The molecule has 7 nitrogen and oxygen atoms in total. The molecule has 0 amide bonds. The fourth-order valence-corrected chi connectivity index (χ4v) is 3.14. The number of furan rings is 1. The van der Waals surface area contributed by atoms with E-state index in [-0.39, 0.29) is 16.8 Å². The molecule has 0 atom stereocenters. The Morgan fingerprint density at radius 1 is 1.08 bits per heavy atom. The molecule has 0 bridgehead atoms. The molecule has 7 heteroatoms. The summed E-state index contributed by atoms with van der Waals surface area (Å²) in [4.78, 5) is 33.1. The van der Waals surface area contributed by atoms with Crippen LogP contribution >= 0.6 is 0 Å². The van der Waals surface area contributed by atoms with Crippen molar-refractivity contribution in [1.29, 1.82) is 0 Å². The van der Waals surface area contributed by atoms with Crippen molar-refractivity contribution in [3.8, 4) is 0 Å². The molecule has 0 spiro atoms. The maximum Gasteiger partial charge on any atom is 0.332 e. The molecule has 0 aliphatic carbocycles. The fraction of sp³-hybridized carbons (Fsp3) is 0.263. The zero-order valence-electron chi connectivity index (χ0n) is 14.4. The molecule has 0 unspecified atom stereocenters. The first-order chi connectivity index (χ1) is 12.6. The summed E-state index contributed by atoms with van der Waals surface area (Å²) in [5.41, 5.74) is 0.639. The molecule has 4 rings (SSSR count). The minimum Gasteiger partial charge on any atom is -0.461 e. The van der Waals surface area contributed by atoms with Gasteiger partial charge < -0.3 is 4.42 Å². The van der Waals surface area contributed by atoms with Crippen molar-refractivity contribution in [1.82, 2.24) is 19.1 Å². The Kier molecular flexibility index (Phi) is 4.12. The Labute approximate surface area is 148 Å². The van der Waals surface area contributed by atoms with Crippen LogP contribution in [-0.2, 0) is 20.0 Å². The van der Waals surface area contributed by atoms with Crippen LogP contribution in [0.2, 0.25) is 0 Å². The van der Waals surface area contributed by atoms with Crippen molar-refractivity contribution in [3.63, 3.8) is 0 Å². The molecule has 0 fully saturated rings. The van der Waals surface area contributed by atoms with Gasteiger partial charge in [-0.2, -0.15) is 0 Å².